The molecule has 0 amide bonds. The average Bonchev–Trinajstić information content (AvgIpc) is 2.38. The quantitative estimate of drug-likeness (QED) is 0.827. The van der Waals surface area contributed by atoms with Crippen molar-refractivity contribution in [1.29, 1.82) is 0 Å². The molecule has 6 heteroatoms. The van der Waals surface area contributed by atoms with Gasteiger partial charge in [-0.15, -0.1) is 0 Å². The highest BCUT2D eigenvalue weighted by Crippen LogP contribution is 2.19. The Bertz CT molecular complexity index is 628. The van der Waals surface area contributed by atoms with Gasteiger partial charge in [-0.1, -0.05) is 40.3 Å². The summed E-state index contributed by atoms with van der Waals surface area (Å²) >= 11 is 8.38. The molecule has 3 N–H and O–H groups in total. The van der Waals surface area contributed by atoms with E-state index in [9.17, 15) is 0 Å². The van der Waals surface area contributed by atoms with Gasteiger partial charge in [0.2, 0.25) is 5.95 Å². The minimum absolute atomic E-state index is 0.0871. The molecule has 0 aliphatic heterocycles. The average molecular weight is 351 g/mol. The second kappa shape index (κ2) is 6.28. The van der Waals surface area contributed by atoms with Crippen LogP contribution in [0, 0.1) is 6.92 Å². The first-order valence-corrected chi connectivity index (χ1v) is 7.33. The van der Waals surface area contributed by atoms with Crippen LogP contribution < -0.4 is 11.1 Å². The van der Waals surface area contributed by atoms with Crippen molar-refractivity contribution < 1.29 is 0 Å². The fraction of sp³-hybridized carbons (Fsp3) is 0.214. The van der Waals surface area contributed by atoms with Crippen LogP contribution in [0.15, 0.2) is 34.8 Å². The van der Waals surface area contributed by atoms with Gasteiger partial charge in [-0.3, -0.25) is 0 Å². The normalized spacial score (nSPS) is 11.9. The number of nitrogens with one attached hydrogen (secondary N) is 1. The number of nitrogens with zero attached hydrogens (tertiary/aromatic N) is 2. The van der Waals surface area contributed by atoms with Gasteiger partial charge in [0.1, 0.15) is 10.7 Å². The van der Waals surface area contributed by atoms with Crippen molar-refractivity contribution in [2.45, 2.75) is 19.9 Å². The number of rotatable bonds is 4. The molecule has 1 aromatic heterocycles. The van der Waals surface area contributed by atoms with Gasteiger partial charge in [0.25, 0.3) is 0 Å². The topological polar surface area (TPSA) is 63.8 Å². The number of aryl methyl sites for hydroxylation is 1. The lowest BCUT2D eigenvalue weighted by Crippen LogP contribution is -2.16. The SMILES string of the molecule is Cc1cc(C(N)=S)nc(NC(C)c2ccc(Br)cc2)n1. The zero-order valence-electron chi connectivity index (χ0n) is 11.2. The van der Waals surface area contributed by atoms with Gasteiger partial charge in [0.15, 0.2) is 0 Å². The first-order valence-electron chi connectivity index (χ1n) is 6.13. The molecule has 0 radical (unpaired) electrons. The largest absolute Gasteiger partial charge is 0.388 e. The number of benzene rings is 1. The van der Waals surface area contributed by atoms with Crippen LogP contribution >= 0.6 is 28.1 Å². The van der Waals surface area contributed by atoms with E-state index in [1.807, 2.05) is 31.2 Å². The molecule has 0 aliphatic rings. The second-order valence-electron chi connectivity index (χ2n) is 4.50. The molecule has 1 aromatic carbocycles. The first kappa shape index (κ1) is 14.9. The maximum atomic E-state index is 5.62. The number of hydrogen-bond donors (Lipinski definition) is 2. The van der Waals surface area contributed by atoms with Gasteiger partial charge < -0.3 is 11.1 Å². The van der Waals surface area contributed by atoms with Crippen molar-refractivity contribution in [1.82, 2.24) is 9.97 Å². The Balaban J connectivity index is 2.21. The number of aromatic nitrogens is 2. The van der Waals surface area contributed by atoms with Crippen LogP contribution in [0.1, 0.15) is 29.9 Å². The molecule has 0 bridgehead atoms. The lowest BCUT2D eigenvalue weighted by molar-refractivity contribution is 0.856. The fourth-order valence-electron chi connectivity index (χ4n) is 1.79. The van der Waals surface area contributed by atoms with E-state index in [2.05, 4.69) is 38.1 Å². The summed E-state index contributed by atoms with van der Waals surface area (Å²) < 4.78 is 1.05. The third kappa shape index (κ3) is 3.74. The molecule has 0 fully saturated rings. The molecule has 104 valence electrons. The van der Waals surface area contributed by atoms with Gasteiger partial charge in [-0.05, 0) is 37.6 Å². The zero-order chi connectivity index (χ0) is 14.7. The molecule has 4 nitrogen and oxygen atoms in total. The summed E-state index contributed by atoms with van der Waals surface area (Å²) in [4.78, 5) is 8.94. The molecule has 2 aromatic rings. The molecule has 2 rings (SSSR count). The van der Waals surface area contributed by atoms with E-state index in [0.29, 0.717) is 11.6 Å². The van der Waals surface area contributed by atoms with E-state index >= 15 is 0 Å². The Hall–Kier alpha value is -1.53. The van der Waals surface area contributed by atoms with Crippen LogP contribution in [-0.2, 0) is 0 Å². The Morgan fingerprint density at radius 1 is 1.30 bits per heavy atom. The van der Waals surface area contributed by atoms with Crippen molar-refractivity contribution >= 4 is 39.1 Å². The predicted octanol–water partition coefficient (Wildman–Crippen LogP) is 3.35. The Labute approximate surface area is 132 Å². The lowest BCUT2D eigenvalue weighted by Gasteiger charge is -2.15. The third-order valence-electron chi connectivity index (χ3n) is 2.82. The molecular formula is C14H15BrN4S. The van der Waals surface area contributed by atoms with Gasteiger partial charge in [-0.2, -0.15) is 0 Å². The predicted molar refractivity (Wildman–Crippen MR) is 88.8 cm³/mol. The summed E-state index contributed by atoms with van der Waals surface area (Å²) in [5.74, 6) is 0.531. The van der Waals surface area contributed by atoms with E-state index in [-0.39, 0.29) is 11.0 Å². The van der Waals surface area contributed by atoms with Crippen LogP contribution in [0.25, 0.3) is 0 Å². The standard InChI is InChI=1S/C14H15BrN4S/c1-8-7-12(13(16)20)19-14(17-8)18-9(2)10-3-5-11(15)6-4-10/h3-7,9H,1-2H3,(H2,16,20)(H,17,18,19). The summed E-state index contributed by atoms with van der Waals surface area (Å²) in [6.07, 6.45) is 0. The number of thiocarbonyl (C=S) groups is 1. The van der Waals surface area contributed by atoms with Crippen molar-refractivity contribution in [2.24, 2.45) is 5.73 Å². The second-order valence-corrected chi connectivity index (χ2v) is 5.86. The lowest BCUT2D eigenvalue weighted by atomic mass is 10.1. The zero-order valence-corrected chi connectivity index (χ0v) is 13.6. The van der Waals surface area contributed by atoms with Crippen LogP contribution in [0.5, 0.6) is 0 Å². The van der Waals surface area contributed by atoms with Crippen molar-refractivity contribution in [3.63, 3.8) is 0 Å². The van der Waals surface area contributed by atoms with Crippen molar-refractivity contribution in [3.8, 4) is 0 Å². The Morgan fingerprint density at radius 2 is 1.95 bits per heavy atom. The summed E-state index contributed by atoms with van der Waals surface area (Å²) in [7, 11) is 0. The summed E-state index contributed by atoms with van der Waals surface area (Å²) in [6.45, 7) is 3.94. The fourth-order valence-corrected chi connectivity index (χ4v) is 2.16. The van der Waals surface area contributed by atoms with Gasteiger partial charge in [0.05, 0.1) is 6.04 Å². The highest BCUT2D eigenvalue weighted by molar-refractivity contribution is 9.10. The van der Waals surface area contributed by atoms with Crippen molar-refractivity contribution in [3.05, 3.63) is 51.8 Å². The highest BCUT2D eigenvalue weighted by Gasteiger charge is 2.09. The molecule has 0 saturated carbocycles. The molecule has 1 heterocycles. The first-order chi connectivity index (χ1) is 9.45. The van der Waals surface area contributed by atoms with Crippen LogP contribution in [0.2, 0.25) is 0 Å². The van der Waals surface area contributed by atoms with Crippen LogP contribution in [-0.4, -0.2) is 15.0 Å². The molecule has 1 unspecified atom stereocenters. The number of anilines is 1. The minimum Gasteiger partial charge on any atom is -0.388 e. The monoisotopic (exact) mass is 350 g/mol. The van der Waals surface area contributed by atoms with E-state index in [1.54, 1.807) is 6.07 Å². The van der Waals surface area contributed by atoms with Crippen LogP contribution in [0.4, 0.5) is 5.95 Å². The number of hydrogen-bond acceptors (Lipinski definition) is 4. The summed E-state index contributed by atoms with van der Waals surface area (Å²) in [6, 6.07) is 9.97. The number of halogens is 1. The van der Waals surface area contributed by atoms with Gasteiger partial charge in [-0.25, -0.2) is 9.97 Å². The highest BCUT2D eigenvalue weighted by atomic mass is 79.9. The third-order valence-corrected chi connectivity index (χ3v) is 3.56. The van der Waals surface area contributed by atoms with E-state index < -0.39 is 0 Å². The molecule has 0 aliphatic carbocycles. The van der Waals surface area contributed by atoms with E-state index in [0.717, 1.165) is 15.7 Å². The van der Waals surface area contributed by atoms with Gasteiger partial charge in [0, 0.05) is 10.2 Å². The van der Waals surface area contributed by atoms with Crippen LogP contribution in [0.3, 0.4) is 0 Å². The smallest absolute Gasteiger partial charge is 0.224 e. The number of nitrogens with two attached hydrogens (primary N) is 1. The molecule has 20 heavy (non-hydrogen) atoms. The van der Waals surface area contributed by atoms with E-state index in [1.165, 1.54) is 0 Å². The van der Waals surface area contributed by atoms with Crippen molar-refractivity contribution in [2.75, 3.05) is 5.32 Å². The summed E-state index contributed by atoms with van der Waals surface area (Å²) in [5.41, 5.74) is 8.18. The Morgan fingerprint density at radius 3 is 2.55 bits per heavy atom. The molecular weight excluding hydrogens is 336 g/mol. The molecule has 0 spiro atoms. The molecule has 0 saturated heterocycles. The molecule has 1 atom stereocenters. The summed E-state index contributed by atoms with van der Waals surface area (Å²) in [5, 5.41) is 3.26. The maximum Gasteiger partial charge on any atom is 0.224 e. The van der Waals surface area contributed by atoms with Gasteiger partial charge >= 0.3 is 0 Å². The Kier molecular flexibility index (Phi) is 4.67. The van der Waals surface area contributed by atoms with E-state index in [4.69, 9.17) is 18.0 Å². The maximum absolute atomic E-state index is 5.62. The minimum atomic E-state index is 0.0871.